The van der Waals surface area contributed by atoms with E-state index in [1.807, 2.05) is 62.4 Å². The molecule has 38 heavy (non-hydrogen) atoms. The van der Waals surface area contributed by atoms with Gasteiger partial charge in [0.1, 0.15) is 12.5 Å². The number of hydrogen-bond acceptors (Lipinski definition) is 6. The minimum atomic E-state index is -0.754. The predicted octanol–water partition coefficient (Wildman–Crippen LogP) is 5.70. The lowest BCUT2D eigenvalue weighted by molar-refractivity contribution is -0.292. The third kappa shape index (κ3) is 7.53. The summed E-state index contributed by atoms with van der Waals surface area (Å²) in [6.45, 7) is 4.25. The van der Waals surface area contributed by atoms with Crippen molar-refractivity contribution in [3.63, 3.8) is 0 Å². The second-order valence-corrected chi connectivity index (χ2v) is 10.1. The third-order valence-corrected chi connectivity index (χ3v) is 6.84. The average Bonchev–Trinajstić information content (AvgIpc) is 2.94. The van der Waals surface area contributed by atoms with Crippen LogP contribution < -0.4 is 0 Å². The molecule has 4 rings (SSSR count). The SMILES string of the molecule is COC(=O)c1ccccc1CCc1cccc(CC[C@H]2OC(C)(C)OC[C@H]2C(=O)OCc2ccccc2)c1. The van der Waals surface area contributed by atoms with Gasteiger partial charge in [-0.3, -0.25) is 4.79 Å². The molecule has 3 aromatic rings. The van der Waals surface area contributed by atoms with Gasteiger partial charge in [0.15, 0.2) is 5.79 Å². The van der Waals surface area contributed by atoms with Gasteiger partial charge in [0.2, 0.25) is 0 Å². The summed E-state index contributed by atoms with van der Waals surface area (Å²) in [5.41, 5.74) is 4.89. The fraction of sp³-hybridized carbons (Fsp3) is 0.375. The van der Waals surface area contributed by atoms with Crippen LogP contribution in [0.2, 0.25) is 0 Å². The zero-order chi connectivity index (χ0) is 27.0. The van der Waals surface area contributed by atoms with E-state index in [1.165, 1.54) is 18.2 Å². The zero-order valence-electron chi connectivity index (χ0n) is 22.4. The van der Waals surface area contributed by atoms with Crippen molar-refractivity contribution < 1.29 is 28.5 Å². The number of esters is 2. The molecule has 0 bridgehead atoms. The van der Waals surface area contributed by atoms with Crippen molar-refractivity contribution in [2.75, 3.05) is 13.7 Å². The van der Waals surface area contributed by atoms with Crippen molar-refractivity contribution in [2.24, 2.45) is 5.92 Å². The van der Waals surface area contributed by atoms with Crippen LogP contribution in [0.4, 0.5) is 0 Å². The molecule has 3 aromatic carbocycles. The van der Waals surface area contributed by atoms with E-state index in [0.29, 0.717) is 12.0 Å². The lowest BCUT2D eigenvalue weighted by Gasteiger charge is -2.40. The number of rotatable bonds is 10. The Morgan fingerprint density at radius 1 is 0.868 bits per heavy atom. The summed E-state index contributed by atoms with van der Waals surface area (Å²) >= 11 is 0. The number of aryl methyl sites for hydroxylation is 3. The third-order valence-electron chi connectivity index (χ3n) is 6.84. The smallest absolute Gasteiger partial charge is 0.338 e. The molecule has 1 aliphatic heterocycles. The van der Waals surface area contributed by atoms with Crippen molar-refractivity contribution in [3.05, 3.63) is 107 Å². The van der Waals surface area contributed by atoms with E-state index in [2.05, 4.69) is 24.3 Å². The summed E-state index contributed by atoms with van der Waals surface area (Å²) in [6, 6.07) is 25.6. The molecule has 0 N–H and O–H groups in total. The molecule has 1 saturated heterocycles. The van der Waals surface area contributed by atoms with Crippen LogP contribution in [-0.2, 0) is 49.6 Å². The van der Waals surface area contributed by atoms with E-state index >= 15 is 0 Å². The molecule has 1 fully saturated rings. The highest BCUT2D eigenvalue weighted by Crippen LogP contribution is 2.30. The Hall–Kier alpha value is -3.48. The van der Waals surface area contributed by atoms with Gasteiger partial charge in [-0.15, -0.1) is 0 Å². The van der Waals surface area contributed by atoms with Gasteiger partial charge < -0.3 is 18.9 Å². The Morgan fingerprint density at radius 2 is 1.55 bits per heavy atom. The molecule has 0 aliphatic carbocycles. The van der Waals surface area contributed by atoms with Crippen molar-refractivity contribution in [3.8, 4) is 0 Å². The van der Waals surface area contributed by atoms with E-state index < -0.39 is 11.7 Å². The number of methoxy groups -OCH3 is 1. The Kier molecular flexibility index (Phi) is 9.32. The molecule has 0 spiro atoms. The Bertz CT molecular complexity index is 1220. The molecule has 1 heterocycles. The molecule has 2 atom stereocenters. The van der Waals surface area contributed by atoms with Crippen LogP contribution in [0, 0.1) is 5.92 Å². The van der Waals surface area contributed by atoms with Crippen LogP contribution in [0.5, 0.6) is 0 Å². The molecular weight excluding hydrogens is 480 g/mol. The molecule has 0 saturated carbocycles. The monoisotopic (exact) mass is 516 g/mol. The lowest BCUT2D eigenvalue weighted by atomic mass is 9.93. The first-order chi connectivity index (χ1) is 18.3. The van der Waals surface area contributed by atoms with E-state index in [0.717, 1.165) is 30.4 Å². The summed E-state index contributed by atoms with van der Waals surface area (Å²) in [6.07, 6.45) is 2.67. The molecule has 0 radical (unpaired) electrons. The van der Waals surface area contributed by atoms with Crippen molar-refractivity contribution >= 4 is 11.9 Å². The number of carbonyl (C=O) groups is 2. The van der Waals surface area contributed by atoms with Gasteiger partial charge in [-0.1, -0.05) is 72.8 Å². The van der Waals surface area contributed by atoms with E-state index in [-0.39, 0.29) is 31.3 Å². The normalized spacial score (nSPS) is 18.5. The number of benzene rings is 3. The minimum Gasteiger partial charge on any atom is -0.465 e. The zero-order valence-corrected chi connectivity index (χ0v) is 22.4. The van der Waals surface area contributed by atoms with Crippen molar-refractivity contribution in [1.29, 1.82) is 0 Å². The maximum atomic E-state index is 13.0. The first-order valence-corrected chi connectivity index (χ1v) is 13.1. The van der Waals surface area contributed by atoms with Crippen molar-refractivity contribution in [2.45, 2.75) is 58.0 Å². The molecule has 0 unspecified atom stereocenters. The standard InChI is InChI=1S/C32H36O6/c1-32(2)37-22-28(31(34)36-21-25-10-5-4-6-11-25)29(38-32)19-17-24-13-9-12-23(20-24)16-18-26-14-7-8-15-27(26)30(33)35-3/h4-15,20,28-29H,16-19,21-22H2,1-3H3/t28-,29-/m1/s1. The maximum Gasteiger partial charge on any atom is 0.338 e. The van der Waals surface area contributed by atoms with Gasteiger partial charge in [0.05, 0.1) is 25.4 Å². The lowest BCUT2D eigenvalue weighted by Crippen LogP contribution is -2.49. The molecule has 200 valence electrons. The topological polar surface area (TPSA) is 71.1 Å². The van der Waals surface area contributed by atoms with Gasteiger partial charge in [-0.25, -0.2) is 4.79 Å². The fourth-order valence-corrected chi connectivity index (χ4v) is 4.77. The van der Waals surface area contributed by atoms with Crippen LogP contribution in [-0.4, -0.2) is 37.5 Å². The number of ether oxygens (including phenoxy) is 4. The van der Waals surface area contributed by atoms with Gasteiger partial charge in [-0.05, 0) is 67.9 Å². The fourth-order valence-electron chi connectivity index (χ4n) is 4.77. The molecule has 1 aliphatic rings. The van der Waals surface area contributed by atoms with E-state index in [9.17, 15) is 9.59 Å². The summed E-state index contributed by atoms with van der Waals surface area (Å²) < 4.78 is 22.5. The molecule has 6 heteroatoms. The Balaban J connectivity index is 1.37. The van der Waals surface area contributed by atoms with Gasteiger partial charge in [0.25, 0.3) is 0 Å². The average molecular weight is 517 g/mol. The largest absolute Gasteiger partial charge is 0.465 e. The van der Waals surface area contributed by atoms with Crippen LogP contribution in [0.1, 0.15) is 52.9 Å². The molecule has 0 amide bonds. The Labute approximate surface area is 224 Å². The number of carbonyl (C=O) groups excluding carboxylic acids is 2. The highest BCUT2D eigenvalue weighted by Gasteiger charge is 2.40. The highest BCUT2D eigenvalue weighted by atomic mass is 16.7. The van der Waals surface area contributed by atoms with Crippen LogP contribution in [0.3, 0.4) is 0 Å². The van der Waals surface area contributed by atoms with Crippen LogP contribution in [0.25, 0.3) is 0 Å². The Morgan fingerprint density at radius 3 is 2.32 bits per heavy atom. The number of hydrogen-bond donors (Lipinski definition) is 0. The summed E-state index contributed by atoms with van der Waals surface area (Å²) in [5.74, 6) is -1.85. The van der Waals surface area contributed by atoms with Crippen molar-refractivity contribution in [1.82, 2.24) is 0 Å². The summed E-state index contributed by atoms with van der Waals surface area (Å²) in [5, 5.41) is 0. The second kappa shape index (κ2) is 12.9. The highest BCUT2D eigenvalue weighted by molar-refractivity contribution is 5.91. The van der Waals surface area contributed by atoms with Crippen LogP contribution >= 0.6 is 0 Å². The van der Waals surface area contributed by atoms with Gasteiger partial charge in [0, 0.05) is 0 Å². The molecule has 0 aromatic heterocycles. The maximum absolute atomic E-state index is 13.0. The quantitative estimate of drug-likeness (QED) is 0.322. The summed E-state index contributed by atoms with van der Waals surface area (Å²) in [7, 11) is 1.40. The van der Waals surface area contributed by atoms with E-state index in [1.54, 1.807) is 6.07 Å². The first kappa shape index (κ1) is 27.6. The van der Waals surface area contributed by atoms with Crippen LogP contribution in [0.15, 0.2) is 78.9 Å². The predicted molar refractivity (Wildman–Crippen MR) is 145 cm³/mol. The van der Waals surface area contributed by atoms with Gasteiger partial charge in [-0.2, -0.15) is 0 Å². The first-order valence-electron chi connectivity index (χ1n) is 13.1. The molecular formula is C32H36O6. The minimum absolute atomic E-state index is 0.230. The molecule has 6 nitrogen and oxygen atoms in total. The van der Waals surface area contributed by atoms with E-state index in [4.69, 9.17) is 18.9 Å². The second-order valence-electron chi connectivity index (χ2n) is 10.1. The summed E-state index contributed by atoms with van der Waals surface area (Å²) in [4.78, 5) is 25.1. The van der Waals surface area contributed by atoms with Gasteiger partial charge >= 0.3 is 11.9 Å².